The van der Waals surface area contributed by atoms with Crippen LogP contribution in [0.15, 0.2) is 16.8 Å². The van der Waals surface area contributed by atoms with E-state index in [4.69, 9.17) is 4.74 Å². The molecule has 74 valence electrons. The van der Waals surface area contributed by atoms with Gasteiger partial charge >= 0.3 is 0 Å². The number of allylic oxidation sites excluding steroid dienone is 1. The highest BCUT2D eigenvalue weighted by atomic mass is 32.2. The van der Waals surface area contributed by atoms with Crippen molar-refractivity contribution in [2.24, 2.45) is 4.99 Å². The van der Waals surface area contributed by atoms with Crippen molar-refractivity contribution in [3.63, 3.8) is 0 Å². The normalized spacial score (nSPS) is 22.6. The zero-order valence-corrected chi connectivity index (χ0v) is 8.54. The van der Waals surface area contributed by atoms with E-state index in [-0.39, 0.29) is 5.75 Å². The summed E-state index contributed by atoms with van der Waals surface area (Å²) < 4.78 is 27.6. The fourth-order valence-corrected chi connectivity index (χ4v) is 2.08. The van der Waals surface area contributed by atoms with Gasteiger partial charge in [0.2, 0.25) is 0 Å². The maximum atomic E-state index is 11.4. The van der Waals surface area contributed by atoms with Gasteiger partial charge in [-0.15, -0.1) is 0 Å². The molecule has 5 heteroatoms. The SMILES string of the molecule is CCS(=O)(=O)[C@@H]1CC=C(OC)C=N1. The molecule has 0 N–H and O–H groups in total. The Morgan fingerprint density at radius 3 is 2.77 bits per heavy atom. The van der Waals surface area contributed by atoms with Crippen molar-refractivity contribution in [3.05, 3.63) is 11.8 Å². The van der Waals surface area contributed by atoms with Crippen molar-refractivity contribution in [2.45, 2.75) is 18.7 Å². The number of dihydropyridines is 1. The lowest BCUT2D eigenvalue weighted by Gasteiger charge is -2.14. The Hall–Kier alpha value is -0.840. The van der Waals surface area contributed by atoms with Gasteiger partial charge in [-0.1, -0.05) is 6.92 Å². The van der Waals surface area contributed by atoms with Crippen LogP contribution in [0.1, 0.15) is 13.3 Å². The quantitative estimate of drug-likeness (QED) is 0.680. The van der Waals surface area contributed by atoms with Crippen LogP contribution in [0.5, 0.6) is 0 Å². The molecule has 4 nitrogen and oxygen atoms in total. The fourth-order valence-electron chi connectivity index (χ4n) is 1.05. The predicted octanol–water partition coefficient (Wildman–Crippen LogP) is 0.752. The molecule has 0 bridgehead atoms. The highest BCUT2D eigenvalue weighted by Gasteiger charge is 2.23. The molecule has 0 unspecified atom stereocenters. The predicted molar refractivity (Wildman–Crippen MR) is 51.4 cm³/mol. The van der Waals surface area contributed by atoms with Crippen LogP contribution in [0.4, 0.5) is 0 Å². The topological polar surface area (TPSA) is 55.7 Å². The zero-order chi connectivity index (χ0) is 9.90. The van der Waals surface area contributed by atoms with Crippen molar-refractivity contribution in [2.75, 3.05) is 12.9 Å². The van der Waals surface area contributed by atoms with Gasteiger partial charge in [0.1, 0.15) is 5.76 Å². The van der Waals surface area contributed by atoms with Gasteiger partial charge in [-0.3, -0.25) is 4.99 Å². The largest absolute Gasteiger partial charge is 0.495 e. The summed E-state index contributed by atoms with van der Waals surface area (Å²) in [5.41, 5.74) is 0. The summed E-state index contributed by atoms with van der Waals surface area (Å²) in [7, 11) is -1.52. The van der Waals surface area contributed by atoms with E-state index in [0.29, 0.717) is 12.2 Å². The van der Waals surface area contributed by atoms with Crippen LogP contribution in [-0.4, -0.2) is 32.9 Å². The first kappa shape index (κ1) is 10.2. The van der Waals surface area contributed by atoms with E-state index in [1.165, 1.54) is 13.3 Å². The van der Waals surface area contributed by atoms with Gasteiger partial charge in [0, 0.05) is 12.2 Å². The first-order chi connectivity index (χ1) is 6.10. The standard InChI is InChI=1S/C8H13NO3S/c1-3-13(10,11)8-5-4-7(12-2)6-9-8/h4,6,8H,3,5H2,1-2H3/t8-/m1/s1. The lowest BCUT2D eigenvalue weighted by Crippen LogP contribution is -2.22. The van der Waals surface area contributed by atoms with Crippen LogP contribution < -0.4 is 0 Å². The smallest absolute Gasteiger partial charge is 0.173 e. The molecule has 1 aliphatic heterocycles. The summed E-state index contributed by atoms with van der Waals surface area (Å²) in [5.74, 6) is 0.757. The monoisotopic (exact) mass is 203 g/mol. The molecular weight excluding hydrogens is 190 g/mol. The van der Waals surface area contributed by atoms with Crippen LogP contribution in [0.25, 0.3) is 0 Å². The summed E-state index contributed by atoms with van der Waals surface area (Å²) in [5, 5.41) is -0.614. The maximum Gasteiger partial charge on any atom is 0.173 e. The van der Waals surface area contributed by atoms with E-state index in [9.17, 15) is 8.42 Å². The molecule has 1 heterocycles. The molecule has 0 spiro atoms. The Morgan fingerprint density at radius 2 is 2.38 bits per heavy atom. The van der Waals surface area contributed by atoms with Gasteiger partial charge in [-0.25, -0.2) is 8.42 Å². The first-order valence-corrected chi connectivity index (χ1v) is 5.80. The number of nitrogens with zero attached hydrogens (tertiary/aromatic N) is 1. The van der Waals surface area contributed by atoms with Crippen LogP contribution in [-0.2, 0) is 14.6 Å². The summed E-state index contributed by atoms with van der Waals surface area (Å²) in [6.07, 6.45) is 3.61. The van der Waals surface area contributed by atoms with E-state index < -0.39 is 15.2 Å². The molecule has 13 heavy (non-hydrogen) atoms. The number of methoxy groups -OCH3 is 1. The molecule has 1 atom stereocenters. The highest BCUT2D eigenvalue weighted by molar-refractivity contribution is 7.91. The van der Waals surface area contributed by atoms with E-state index in [1.54, 1.807) is 13.0 Å². The van der Waals surface area contributed by atoms with E-state index in [0.717, 1.165) is 0 Å². The summed E-state index contributed by atoms with van der Waals surface area (Å²) >= 11 is 0. The van der Waals surface area contributed by atoms with Crippen LogP contribution in [0.2, 0.25) is 0 Å². The molecule has 0 amide bonds. The van der Waals surface area contributed by atoms with Crippen molar-refractivity contribution in [1.29, 1.82) is 0 Å². The van der Waals surface area contributed by atoms with Crippen molar-refractivity contribution in [3.8, 4) is 0 Å². The third kappa shape index (κ3) is 2.30. The number of ether oxygens (including phenoxy) is 1. The number of rotatable bonds is 3. The van der Waals surface area contributed by atoms with Crippen LogP contribution >= 0.6 is 0 Å². The summed E-state index contributed by atoms with van der Waals surface area (Å²) in [4.78, 5) is 3.92. The zero-order valence-electron chi connectivity index (χ0n) is 7.73. The van der Waals surface area contributed by atoms with Gasteiger partial charge in [-0.2, -0.15) is 0 Å². The second kappa shape index (κ2) is 3.91. The van der Waals surface area contributed by atoms with Gasteiger partial charge < -0.3 is 4.74 Å². The summed E-state index contributed by atoms with van der Waals surface area (Å²) in [6.45, 7) is 1.63. The third-order valence-corrected chi connectivity index (χ3v) is 3.89. The Balaban J connectivity index is 2.73. The molecule has 0 saturated heterocycles. The lowest BCUT2D eigenvalue weighted by molar-refractivity contribution is 0.313. The minimum Gasteiger partial charge on any atom is -0.495 e. The Morgan fingerprint density at radius 1 is 1.69 bits per heavy atom. The van der Waals surface area contributed by atoms with E-state index >= 15 is 0 Å². The Kier molecular flexibility index (Phi) is 3.08. The van der Waals surface area contributed by atoms with Crippen molar-refractivity contribution >= 4 is 16.1 Å². The minimum absolute atomic E-state index is 0.130. The van der Waals surface area contributed by atoms with Crippen LogP contribution in [0.3, 0.4) is 0 Å². The first-order valence-electron chi connectivity index (χ1n) is 4.09. The summed E-state index contributed by atoms with van der Waals surface area (Å²) in [6, 6.07) is 0. The molecule has 0 radical (unpaired) electrons. The highest BCUT2D eigenvalue weighted by Crippen LogP contribution is 2.15. The van der Waals surface area contributed by atoms with Gasteiger partial charge in [0.05, 0.1) is 13.3 Å². The maximum absolute atomic E-state index is 11.4. The Bertz CT molecular complexity index is 329. The fraction of sp³-hybridized carbons (Fsp3) is 0.625. The number of aliphatic imine (C=N–C) groups is 1. The van der Waals surface area contributed by atoms with Gasteiger partial charge in [0.25, 0.3) is 0 Å². The van der Waals surface area contributed by atoms with E-state index in [2.05, 4.69) is 4.99 Å². The number of sulfone groups is 1. The lowest BCUT2D eigenvalue weighted by atomic mass is 10.3. The molecule has 1 rings (SSSR count). The number of hydrogen-bond donors (Lipinski definition) is 0. The molecule has 0 fully saturated rings. The Labute approximate surface area is 78.2 Å². The van der Waals surface area contributed by atoms with Gasteiger partial charge in [0.15, 0.2) is 15.2 Å². The molecule has 0 aromatic heterocycles. The average Bonchev–Trinajstić information content (AvgIpc) is 2.18. The van der Waals surface area contributed by atoms with Gasteiger partial charge in [-0.05, 0) is 6.08 Å². The van der Waals surface area contributed by atoms with Crippen molar-refractivity contribution in [1.82, 2.24) is 0 Å². The number of hydrogen-bond acceptors (Lipinski definition) is 4. The van der Waals surface area contributed by atoms with Crippen molar-refractivity contribution < 1.29 is 13.2 Å². The minimum atomic E-state index is -3.05. The van der Waals surface area contributed by atoms with Crippen LogP contribution in [0, 0.1) is 0 Å². The third-order valence-electron chi connectivity index (χ3n) is 1.94. The second-order valence-electron chi connectivity index (χ2n) is 2.73. The molecule has 0 aromatic rings. The van der Waals surface area contributed by atoms with E-state index in [1.807, 2.05) is 0 Å². The molecule has 0 aromatic carbocycles. The molecular formula is C8H13NO3S. The molecule has 1 aliphatic rings. The average molecular weight is 203 g/mol. The second-order valence-corrected chi connectivity index (χ2v) is 5.18. The molecule has 0 aliphatic carbocycles. The molecule has 0 saturated carbocycles.